The van der Waals surface area contributed by atoms with Crippen LogP contribution in [0.4, 0.5) is 4.79 Å². The van der Waals surface area contributed by atoms with Crippen LogP contribution in [0.3, 0.4) is 0 Å². The van der Waals surface area contributed by atoms with Gasteiger partial charge in [0.25, 0.3) is 0 Å². The lowest BCUT2D eigenvalue weighted by Gasteiger charge is -2.36. The SMILES string of the molecule is CCCCN(C(=O)C(CCSC)NC(=O)OC(C)(C)C)C(C(=O)NC1CCCCC1)c1cc(C)ccc1C. The predicted molar refractivity (Wildman–Crippen MR) is 156 cm³/mol. The van der Waals surface area contributed by atoms with Crippen LogP contribution in [0.15, 0.2) is 18.2 Å². The van der Waals surface area contributed by atoms with Gasteiger partial charge in [-0.15, -0.1) is 0 Å². The van der Waals surface area contributed by atoms with Crippen LogP contribution < -0.4 is 10.6 Å². The van der Waals surface area contributed by atoms with E-state index in [0.29, 0.717) is 18.7 Å². The maximum absolute atomic E-state index is 14.2. The van der Waals surface area contributed by atoms with E-state index < -0.39 is 23.8 Å². The zero-order chi connectivity index (χ0) is 28.3. The topological polar surface area (TPSA) is 87.7 Å². The van der Waals surface area contributed by atoms with E-state index in [2.05, 4.69) is 17.6 Å². The molecule has 1 aliphatic carbocycles. The Hall–Kier alpha value is -2.22. The third kappa shape index (κ3) is 10.2. The van der Waals surface area contributed by atoms with E-state index in [1.165, 1.54) is 6.42 Å². The summed E-state index contributed by atoms with van der Waals surface area (Å²) in [4.78, 5) is 42.7. The number of rotatable bonds is 12. The Kier molecular flexibility index (Phi) is 13.0. The van der Waals surface area contributed by atoms with Crippen molar-refractivity contribution in [2.75, 3.05) is 18.6 Å². The molecule has 0 aliphatic heterocycles. The molecule has 0 bridgehead atoms. The molecule has 2 atom stereocenters. The van der Waals surface area contributed by atoms with Gasteiger partial charge >= 0.3 is 6.09 Å². The molecule has 2 rings (SSSR count). The van der Waals surface area contributed by atoms with Gasteiger partial charge in [0.2, 0.25) is 11.8 Å². The number of benzene rings is 1. The average molecular weight is 548 g/mol. The number of hydrogen-bond acceptors (Lipinski definition) is 5. The number of carbonyl (C=O) groups is 3. The number of unbranched alkanes of at least 4 members (excludes halogenated alkanes) is 1. The van der Waals surface area contributed by atoms with Gasteiger partial charge < -0.3 is 20.3 Å². The summed E-state index contributed by atoms with van der Waals surface area (Å²) in [6.07, 6.45) is 8.77. The quantitative estimate of drug-likeness (QED) is 0.332. The van der Waals surface area contributed by atoms with E-state index >= 15 is 0 Å². The Bertz CT molecular complexity index is 925. The van der Waals surface area contributed by atoms with E-state index in [-0.39, 0.29) is 17.9 Å². The van der Waals surface area contributed by atoms with E-state index in [4.69, 9.17) is 4.74 Å². The van der Waals surface area contributed by atoms with Crippen LogP contribution in [0.25, 0.3) is 0 Å². The second-order valence-electron chi connectivity index (χ2n) is 11.5. The van der Waals surface area contributed by atoms with Gasteiger partial charge in [0.15, 0.2) is 0 Å². The first kappa shape index (κ1) is 32.0. The average Bonchev–Trinajstić information content (AvgIpc) is 2.85. The summed E-state index contributed by atoms with van der Waals surface area (Å²) >= 11 is 1.61. The van der Waals surface area contributed by atoms with Crippen LogP contribution in [-0.4, -0.2) is 59.0 Å². The van der Waals surface area contributed by atoms with Crippen molar-refractivity contribution in [2.45, 2.75) is 117 Å². The van der Waals surface area contributed by atoms with Gasteiger partial charge in [0, 0.05) is 12.6 Å². The van der Waals surface area contributed by atoms with Gasteiger partial charge in [-0.1, -0.05) is 56.4 Å². The number of nitrogens with one attached hydrogen (secondary N) is 2. The number of amides is 3. The molecule has 1 fully saturated rings. The fourth-order valence-corrected chi connectivity index (χ4v) is 5.34. The summed E-state index contributed by atoms with van der Waals surface area (Å²) in [6.45, 7) is 11.9. The molecule has 1 aromatic carbocycles. The van der Waals surface area contributed by atoms with E-state index in [9.17, 15) is 14.4 Å². The molecule has 0 radical (unpaired) electrons. The number of carbonyl (C=O) groups excluding carboxylic acids is 3. The van der Waals surface area contributed by atoms with Crippen molar-refractivity contribution in [1.29, 1.82) is 0 Å². The van der Waals surface area contributed by atoms with Crippen molar-refractivity contribution in [1.82, 2.24) is 15.5 Å². The molecule has 0 spiro atoms. The Morgan fingerprint density at radius 1 is 1.13 bits per heavy atom. The summed E-state index contributed by atoms with van der Waals surface area (Å²) in [5.74, 6) is 0.301. The highest BCUT2D eigenvalue weighted by Gasteiger charge is 2.37. The van der Waals surface area contributed by atoms with Crippen molar-refractivity contribution < 1.29 is 19.1 Å². The van der Waals surface area contributed by atoms with Crippen LogP contribution in [0.2, 0.25) is 0 Å². The first-order chi connectivity index (χ1) is 18.0. The zero-order valence-corrected chi connectivity index (χ0v) is 25.3. The number of alkyl carbamates (subject to hydrolysis) is 1. The minimum absolute atomic E-state index is 0.124. The van der Waals surface area contributed by atoms with Crippen LogP contribution in [0.1, 0.15) is 102 Å². The van der Waals surface area contributed by atoms with Gasteiger partial charge in [-0.25, -0.2) is 4.79 Å². The van der Waals surface area contributed by atoms with E-state index in [1.54, 1.807) is 37.4 Å². The van der Waals surface area contributed by atoms with Gasteiger partial charge in [-0.05, 0) is 83.4 Å². The molecule has 8 heteroatoms. The molecule has 1 aliphatic rings. The molecular formula is C30H49N3O4S. The van der Waals surface area contributed by atoms with Crippen molar-refractivity contribution in [3.05, 3.63) is 34.9 Å². The number of ether oxygens (including phenoxy) is 1. The smallest absolute Gasteiger partial charge is 0.408 e. The lowest BCUT2D eigenvalue weighted by atomic mass is 9.93. The van der Waals surface area contributed by atoms with Crippen molar-refractivity contribution in [3.63, 3.8) is 0 Å². The largest absolute Gasteiger partial charge is 0.444 e. The Balaban J connectivity index is 2.48. The summed E-state index contributed by atoms with van der Waals surface area (Å²) in [5, 5.41) is 6.10. The molecule has 0 saturated heterocycles. The molecule has 2 N–H and O–H groups in total. The molecule has 2 unspecified atom stereocenters. The van der Waals surface area contributed by atoms with Crippen LogP contribution in [0.5, 0.6) is 0 Å². The molecule has 1 saturated carbocycles. The maximum Gasteiger partial charge on any atom is 0.408 e. The normalized spacial score (nSPS) is 15.9. The number of aryl methyl sites for hydroxylation is 2. The zero-order valence-electron chi connectivity index (χ0n) is 24.5. The minimum atomic E-state index is -0.788. The van der Waals surface area contributed by atoms with Crippen molar-refractivity contribution in [2.24, 2.45) is 0 Å². The van der Waals surface area contributed by atoms with E-state index in [1.807, 2.05) is 38.3 Å². The Morgan fingerprint density at radius 3 is 2.42 bits per heavy atom. The summed E-state index contributed by atoms with van der Waals surface area (Å²) in [7, 11) is 0. The lowest BCUT2D eigenvalue weighted by molar-refractivity contribution is -0.143. The van der Waals surface area contributed by atoms with Gasteiger partial charge in [0.1, 0.15) is 17.7 Å². The molecule has 0 heterocycles. The van der Waals surface area contributed by atoms with Crippen LogP contribution in [0, 0.1) is 13.8 Å². The molecule has 3 amide bonds. The number of thioether (sulfide) groups is 1. The highest BCUT2D eigenvalue weighted by Crippen LogP contribution is 2.29. The summed E-state index contributed by atoms with van der Waals surface area (Å²) in [5.41, 5.74) is 2.16. The molecular weight excluding hydrogens is 498 g/mol. The summed E-state index contributed by atoms with van der Waals surface area (Å²) < 4.78 is 5.48. The number of hydrogen-bond donors (Lipinski definition) is 2. The Labute approximate surface area is 234 Å². The second kappa shape index (κ2) is 15.4. The third-order valence-electron chi connectivity index (χ3n) is 6.88. The van der Waals surface area contributed by atoms with Gasteiger partial charge in [-0.3, -0.25) is 9.59 Å². The van der Waals surface area contributed by atoms with Gasteiger partial charge in [0.05, 0.1) is 0 Å². The fourth-order valence-electron chi connectivity index (χ4n) is 4.87. The molecule has 1 aromatic rings. The highest BCUT2D eigenvalue weighted by molar-refractivity contribution is 7.98. The first-order valence-corrected chi connectivity index (χ1v) is 15.5. The van der Waals surface area contributed by atoms with Crippen molar-refractivity contribution >= 4 is 29.7 Å². The van der Waals surface area contributed by atoms with Gasteiger partial charge in [-0.2, -0.15) is 11.8 Å². The van der Waals surface area contributed by atoms with Crippen molar-refractivity contribution in [3.8, 4) is 0 Å². The molecule has 38 heavy (non-hydrogen) atoms. The summed E-state index contributed by atoms with van der Waals surface area (Å²) in [6, 6.07) is 4.62. The predicted octanol–water partition coefficient (Wildman–Crippen LogP) is 6.07. The molecule has 214 valence electrons. The molecule has 0 aromatic heterocycles. The standard InChI is InChI=1S/C30H49N3O4S/c1-8-9-18-33(28(35)25(17-19-38-7)32-29(36)37-30(4,5)6)26(24-20-21(2)15-16-22(24)3)27(34)31-23-13-11-10-12-14-23/h15-16,20,23,25-26H,8-14,17-19H2,1-7H3,(H,31,34)(H,32,36). The molecule has 7 nitrogen and oxygen atoms in total. The monoisotopic (exact) mass is 547 g/mol. The Morgan fingerprint density at radius 2 is 1.82 bits per heavy atom. The number of nitrogens with zero attached hydrogens (tertiary/aromatic N) is 1. The fraction of sp³-hybridized carbons (Fsp3) is 0.700. The van der Waals surface area contributed by atoms with E-state index in [0.717, 1.165) is 55.2 Å². The van der Waals surface area contributed by atoms with Crippen LogP contribution >= 0.6 is 11.8 Å². The van der Waals surface area contributed by atoms with Crippen LogP contribution in [-0.2, 0) is 14.3 Å². The minimum Gasteiger partial charge on any atom is -0.444 e. The highest BCUT2D eigenvalue weighted by atomic mass is 32.2. The second-order valence-corrected chi connectivity index (χ2v) is 12.5. The maximum atomic E-state index is 14.2. The third-order valence-corrected chi connectivity index (χ3v) is 7.52. The lowest BCUT2D eigenvalue weighted by Crippen LogP contribution is -2.54. The first-order valence-electron chi connectivity index (χ1n) is 14.1.